The summed E-state index contributed by atoms with van der Waals surface area (Å²) in [6.45, 7) is 0. The second-order valence-corrected chi connectivity index (χ2v) is 5.13. The molecule has 7 heteroatoms. The molecule has 0 spiro atoms. The van der Waals surface area contributed by atoms with Crippen LogP contribution in [-0.2, 0) is 11.1 Å². The molecule has 0 aliphatic rings. The summed E-state index contributed by atoms with van der Waals surface area (Å²) in [5, 5.41) is 0. The van der Waals surface area contributed by atoms with Crippen LogP contribution in [0.25, 0.3) is 11.1 Å². The van der Waals surface area contributed by atoms with Gasteiger partial charge in [-0.3, -0.25) is 0 Å². The molecule has 0 N–H and O–H groups in total. The number of halogens is 3. The molecule has 1 unspecified atom stereocenters. The topological polar surface area (TPSA) is 35.5 Å². The van der Waals surface area contributed by atoms with Crippen LogP contribution >= 0.6 is 0 Å². The van der Waals surface area contributed by atoms with E-state index in [0.29, 0.717) is 11.3 Å². The zero-order chi connectivity index (χ0) is 15.5. The molecule has 0 saturated carbocycles. The maximum Gasteiger partial charge on any atom is 0.508 e. The fourth-order valence-electron chi connectivity index (χ4n) is 1.67. The summed E-state index contributed by atoms with van der Waals surface area (Å²) in [5.41, 5.74) is -3.56. The van der Waals surface area contributed by atoms with Crippen LogP contribution in [0.3, 0.4) is 0 Å². The van der Waals surface area contributed by atoms with Gasteiger partial charge in [0.25, 0.3) is 0 Å². The van der Waals surface area contributed by atoms with Gasteiger partial charge in [0.15, 0.2) is 0 Å². The third kappa shape index (κ3) is 3.98. The largest absolute Gasteiger partial charge is 0.508 e. The molecule has 0 bridgehead atoms. The smallest absolute Gasteiger partial charge is 0.497 e. The minimum atomic E-state index is -4.93. The minimum Gasteiger partial charge on any atom is -0.497 e. The molecule has 0 amide bonds. The lowest BCUT2D eigenvalue weighted by Crippen LogP contribution is -2.20. The van der Waals surface area contributed by atoms with Crippen LogP contribution in [-0.4, -0.2) is 16.8 Å². The second kappa shape index (κ2) is 6.17. The molecular formula is C14H11F3O3S. The summed E-state index contributed by atoms with van der Waals surface area (Å²) >= 11 is -3.42. The first-order chi connectivity index (χ1) is 9.90. The van der Waals surface area contributed by atoms with E-state index in [1.165, 1.54) is 19.2 Å². The summed E-state index contributed by atoms with van der Waals surface area (Å²) in [6.07, 6.45) is 0. The lowest BCUT2D eigenvalue weighted by atomic mass is 10.1. The van der Waals surface area contributed by atoms with E-state index >= 15 is 0 Å². The van der Waals surface area contributed by atoms with Crippen molar-refractivity contribution in [3.05, 3.63) is 48.5 Å². The third-order valence-electron chi connectivity index (χ3n) is 2.58. The van der Waals surface area contributed by atoms with Crippen molar-refractivity contribution in [3.63, 3.8) is 0 Å². The highest BCUT2D eigenvalue weighted by molar-refractivity contribution is 7.81. The van der Waals surface area contributed by atoms with Crippen LogP contribution in [0, 0.1) is 0 Å². The van der Waals surface area contributed by atoms with Crippen molar-refractivity contribution in [2.24, 2.45) is 0 Å². The normalized spacial score (nSPS) is 12.8. The fraction of sp³-hybridized carbons (Fsp3) is 0.143. The van der Waals surface area contributed by atoms with Crippen LogP contribution in [0.2, 0.25) is 0 Å². The summed E-state index contributed by atoms with van der Waals surface area (Å²) in [4.78, 5) is 0. The van der Waals surface area contributed by atoms with Gasteiger partial charge in [0.1, 0.15) is 11.5 Å². The maximum absolute atomic E-state index is 12.3. The highest BCUT2D eigenvalue weighted by Crippen LogP contribution is 2.32. The molecule has 0 radical (unpaired) electrons. The Morgan fingerprint density at radius 1 is 0.952 bits per heavy atom. The molecule has 0 aromatic heterocycles. The predicted molar refractivity (Wildman–Crippen MR) is 73.3 cm³/mol. The first-order valence-corrected chi connectivity index (χ1v) is 6.89. The number of ether oxygens (including phenoxy) is 1. The molecule has 3 nitrogen and oxygen atoms in total. The molecule has 0 heterocycles. The molecule has 112 valence electrons. The zero-order valence-electron chi connectivity index (χ0n) is 10.9. The van der Waals surface area contributed by atoms with Crippen molar-refractivity contribution in [2.45, 2.75) is 5.51 Å². The number of hydrogen-bond acceptors (Lipinski definition) is 3. The molecule has 0 aliphatic carbocycles. The van der Waals surface area contributed by atoms with Gasteiger partial charge in [-0.2, -0.15) is 13.2 Å². The van der Waals surface area contributed by atoms with Gasteiger partial charge in [0.2, 0.25) is 0 Å². The molecule has 0 saturated heterocycles. The number of benzene rings is 2. The minimum absolute atomic E-state index is 0.177. The summed E-state index contributed by atoms with van der Waals surface area (Å²) in [7, 11) is 1.38. The van der Waals surface area contributed by atoms with Crippen molar-refractivity contribution >= 4 is 11.1 Å². The number of alkyl halides is 3. The lowest BCUT2D eigenvalue weighted by molar-refractivity contribution is -0.0437. The van der Waals surface area contributed by atoms with Gasteiger partial charge in [-0.15, -0.1) is 0 Å². The molecule has 21 heavy (non-hydrogen) atoms. The van der Waals surface area contributed by atoms with Gasteiger partial charge < -0.3 is 8.92 Å². The molecule has 2 aromatic carbocycles. The Morgan fingerprint density at radius 3 is 2.14 bits per heavy atom. The van der Waals surface area contributed by atoms with Crippen LogP contribution in [0.15, 0.2) is 48.5 Å². The van der Waals surface area contributed by atoms with E-state index in [1.54, 1.807) is 30.3 Å². The van der Waals surface area contributed by atoms with Crippen LogP contribution < -0.4 is 8.92 Å². The van der Waals surface area contributed by atoms with E-state index in [-0.39, 0.29) is 5.75 Å². The van der Waals surface area contributed by atoms with E-state index in [0.717, 1.165) is 5.56 Å². The lowest BCUT2D eigenvalue weighted by Gasteiger charge is -2.11. The third-order valence-corrected chi connectivity index (χ3v) is 3.31. The molecule has 0 aliphatic heterocycles. The van der Waals surface area contributed by atoms with Crippen LogP contribution in [0.4, 0.5) is 13.2 Å². The second-order valence-electron chi connectivity index (χ2n) is 4.03. The Labute approximate surface area is 122 Å². The first kappa shape index (κ1) is 15.4. The zero-order valence-corrected chi connectivity index (χ0v) is 11.7. The quantitative estimate of drug-likeness (QED) is 0.857. The number of rotatable bonds is 4. The monoisotopic (exact) mass is 316 g/mol. The molecule has 2 aromatic rings. The van der Waals surface area contributed by atoms with Gasteiger partial charge in [0.05, 0.1) is 7.11 Å². The molecule has 2 rings (SSSR count). The maximum atomic E-state index is 12.3. The van der Waals surface area contributed by atoms with Gasteiger partial charge in [0, 0.05) is 6.07 Å². The number of hydrogen-bond donors (Lipinski definition) is 0. The Balaban J connectivity index is 2.37. The van der Waals surface area contributed by atoms with E-state index < -0.39 is 16.6 Å². The highest BCUT2D eigenvalue weighted by Gasteiger charge is 2.40. The molecule has 0 fully saturated rings. The first-order valence-electron chi connectivity index (χ1n) is 5.81. The van der Waals surface area contributed by atoms with Gasteiger partial charge in [-0.05, 0) is 23.3 Å². The van der Waals surface area contributed by atoms with E-state index in [1.807, 2.05) is 6.07 Å². The number of methoxy groups -OCH3 is 1. The van der Waals surface area contributed by atoms with Crippen molar-refractivity contribution < 1.29 is 26.3 Å². The summed E-state index contributed by atoms with van der Waals surface area (Å²) in [6, 6.07) is 13.3. The van der Waals surface area contributed by atoms with Gasteiger partial charge in [-0.1, -0.05) is 30.3 Å². The van der Waals surface area contributed by atoms with Gasteiger partial charge in [-0.25, -0.2) is 4.21 Å². The Kier molecular flexibility index (Phi) is 4.52. The molecular weight excluding hydrogens is 305 g/mol. The van der Waals surface area contributed by atoms with Crippen molar-refractivity contribution in [2.75, 3.05) is 7.11 Å². The van der Waals surface area contributed by atoms with Crippen LogP contribution in [0.1, 0.15) is 0 Å². The van der Waals surface area contributed by atoms with Crippen LogP contribution in [0.5, 0.6) is 11.5 Å². The van der Waals surface area contributed by atoms with Crippen molar-refractivity contribution in [1.82, 2.24) is 0 Å². The average molecular weight is 316 g/mol. The van der Waals surface area contributed by atoms with E-state index in [2.05, 4.69) is 4.18 Å². The Bertz CT molecular complexity index is 642. The van der Waals surface area contributed by atoms with E-state index in [9.17, 15) is 17.4 Å². The highest BCUT2D eigenvalue weighted by atomic mass is 32.2. The van der Waals surface area contributed by atoms with Crippen molar-refractivity contribution in [1.29, 1.82) is 0 Å². The summed E-state index contributed by atoms with van der Waals surface area (Å²) in [5.74, 6) is 0.134. The SMILES string of the molecule is COc1cc(OS(=O)C(F)(F)F)cc(-c2ccccc2)c1. The van der Waals surface area contributed by atoms with E-state index in [4.69, 9.17) is 4.74 Å². The molecule has 1 atom stereocenters. The standard InChI is InChI=1S/C14H11F3O3S/c1-19-12-7-11(10-5-3-2-4-6-10)8-13(9-12)20-21(18)14(15,16)17/h2-9H,1H3. The van der Waals surface area contributed by atoms with Gasteiger partial charge >= 0.3 is 16.6 Å². The summed E-state index contributed by atoms with van der Waals surface area (Å²) < 4.78 is 57.3. The fourth-order valence-corrected chi connectivity index (χ4v) is 2.04. The Hall–Kier alpha value is -2.02. The average Bonchev–Trinajstić information content (AvgIpc) is 2.46. The predicted octanol–water partition coefficient (Wildman–Crippen LogP) is 3.92. The van der Waals surface area contributed by atoms with Crippen molar-refractivity contribution in [3.8, 4) is 22.6 Å². The Morgan fingerprint density at radius 2 is 1.57 bits per heavy atom.